The molecular weight excluding hydrogens is 1180 g/mol. The lowest BCUT2D eigenvalue weighted by molar-refractivity contribution is -0.159. The van der Waals surface area contributed by atoms with Crippen molar-refractivity contribution in [3.63, 3.8) is 0 Å². The summed E-state index contributed by atoms with van der Waals surface area (Å²) in [5, 5.41) is 8.97. The van der Waals surface area contributed by atoms with Crippen molar-refractivity contribution < 1.29 is 105 Å². The predicted molar refractivity (Wildman–Crippen MR) is 296 cm³/mol. The van der Waals surface area contributed by atoms with E-state index < -0.39 is 129 Å². The minimum Gasteiger partial charge on any atom is -0.464 e. The Balaban J connectivity index is 0.000000183. The minimum absolute atomic E-state index is 0.000778. The highest BCUT2D eigenvalue weighted by Crippen LogP contribution is 2.57. The Morgan fingerprint density at radius 3 is 1.18 bits per heavy atom. The zero-order chi connectivity index (χ0) is 62.8. The number of rotatable bonds is 25. The Morgan fingerprint density at radius 1 is 0.412 bits per heavy atom. The molecule has 4 amide bonds. The molecule has 3 saturated heterocycles. The topological polar surface area (TPSA) is 378 Å². The maximum absolute atomic E-state index is 12.1. The van der Waals surface area contributed by atoms with Gasteiger partial charge in [-0.1, -0.05) is 62.3 Å². The van der Waals surface area contributed by atoms with Crippen molar-refractivity contribution in [2.75, 3.05) is 39.4 Å². The Bertz CT molecular complexity index is 2790. The van der Waals surface area contributed by atoms with E-state index in [1.54, 1.807) is 27.7 Å². The van der Waals surface area contributed by atoms with Gasteiger partial charge in [-0.3, -0.25) is 55.7 Å². The molecule has 0 aromatic rings. The number of amides is 4. The summed E-state index contributed by atoms with van der Waals surface area (Å²) in [5.41, 5.74) is -1.59. The molecule has 15 atom stereocenters. The minimum atomic E-state index is -3.55. The van der Waals surface area contributed by atoms with E-state index in [0.717, 1.165) is 0 Å². The fourth-order valence-electron chi connectivity index (χ4n) is 12.5. The average molecular weight is 1270 g/mol. The fourth-order valence-corrected chi connectivity index (χ4v) is 18.2. The average Bonchev–Trinajstić information content (AvgIpc) is 1.61. The van der Waals surface area contributed by atoms with Crippen molar-refractivity contribution in [2.24, 2.45) is 51.8 Å². The lowest BCUT2D eigenvalue weighted by Crippen LogP contribution is -2.43. The maximum atomic E-state index is 12.1. The lowest BCUT2D eigenvalue weighted by atomic mass is 9.89. The molecule has 480 valence electrons. The molecule has 3 heterocycles. The van der Waals surface area contributed by atoms with Gasteiger partial charge in [0.25, 0.3) is 30.4 Å². The van der Waals surface area contributed by atoms with E-state index in [9.17, 15) is 68.4 Å². The van der Waals surface area contributed by atoms with Crippen LogP contribution in [0.25, 0.3) is 0 Å². The highest BCUT2D eigenvalue weighted by atomic mass is 32.2. The SMILES string of the molecule is CCC(C)(C)C(=O)NCC(=O)NCCC(=O)OC1C2CC3C1OS(=O)(=O)C3C2.CCC(C)(C)C(=O)NCC(=O)OCCC(=O)OC1C2CC3C1OS(=O)(=O)C3C2.CCC(C)(C)C(=O)NCCOC(=O)CCC(=O)OC1C2CC3C1OS(=O)(=O)C3C2. The smallest absolute Gasteiger partial charge is 0.325 e. The van der Waals surface area contributed by atoms with Crippen LogP contribution >= 0.6 is 0 Å². The summed E-state index contributed by atoms with van der Waals surface area (Å²) in [6.45, 7) is 16.3. The number of hydrogen-bond acceptors (Lipinski definition) is 23. The van der Waals surface area contributed by atoms with E-state index in [-0.39, 0.29) is 124 Å². The van der Waals surface area contributed by atoms with E-state index in [4.69, 9.17) is 36.2 Å². The second-order valence-electron chi connectivity index (χ2n) is 25.5. The highest BCUT2D eigenvalue weighted by molar-refractivity contribution is 7.88. The van der Waals surface area contributed by atoms with Gasteiger partial charge in [0.15, 0.2) is 0 Å². The van der Waals surface area contributed by atoms with Gasteiger partial charge in [-0.2, -0.15) is 25.3 Å². The molecule has 30 heteroatoms. The number of esters is 5. The van der Waals surface area contributed by atoms with E-state index in [2.05, 4.69) is 21.3 Å². The molecule has 6 aliphatic carbocycles. The first-order valence-corrected chi connectivity index (χ1v) is 33.8. The van der Waals surface area contributed by atoms with Crippen LogP contribution in [0.3, 0.4) is 0 Å². The van der Waals surface area contributed by atoms with Crippen LogP contribution in [0, 0.1) is 51.8 Å². The third kappa shape index (κ3) is 15.6. The molecule has 9 fully saturated rings. The quantitative estimate of drug-likeness (QED) is 0.0436. The van der Waals surface area contributed by atoms with Gasteiger partial charge in [-0.25, -0.2) is 0 Å². The van der Waals surface area contributed by atoms with E-state index in [0.29, 0.717) is 57.8 Å². The van der Waals surface area contributed by atoms with Gasteiger partial charge in [-0.05, 0) is 57.8 Å². The summed E-state index contributed by atoms with van der Waals surface area (Å²) in [7, 11) is -10.6. The van der Waals surface area contributed by atoms with Crippen LogP contribution in [0.4, 0.5) is 0 Å². The molecule has 0 radical (unpaired) electrons. The van der Waals surface area contributed by atoms with Crippen LogP contribution in [0.5, 0.6) is 0 Å². The van der Waals surface area contributed by atoms with Crippen molar-refractivity contribution in [3.05, 3.63) is 0 Å². The van der Waals surface area contributed by atoms with Crippen LogP contribution in [0.1, 0.15) is 146 Å². The molecule has 9 aliphatic rings. The molecule has 4 N–H and O–H groups in total. The molecule has 0 spiro atoms. The Hall–Kier alpha value is -5.04. The van der Waals surface area contributed by atoms with Crippen molar-refractivity contribution in [1.29, 1.82) is 0 Å². The summed E-state index contributed by atoms with van der Waals surface area (Å²) in [6, 6.07) is 0. The zero-order valence-corrected chi connectivity index (χ0v) is 52.2. The predicted octanol–water partition coefficient (Wildman–Crippen LogP) is 1.53. The molecule has 3 aliphatic heterocycles. The van der Waals surface area contributed by atoms with E-state index in [1.807, 2.05) is 34.6 Å². The highest BCUT2D eigenvalue weighted by Gasteiger charge is 2.67. The normalized spacial score (nSPS) is 31.9. The van der Waals surface area contributed by atoms with Crippen LogP contribution in [-0.2, 0) is 110 Å². The Kier molecular flexibility index (Phi) is 21.2. The molecule has 15 unspecified atom stereocenters. The lowest BCUT2D eigenvalue weighted by Gasteiger charge is -2.24. The second kappa shape index (κ2) is 26.7. The number of hydrogen-bond donors (Lipinski definition) is 4. The van der Waals surface area contributed by atoms with Crippen LogP contribution in [0.2, 0.25) is 0 Å². The standard InChI is InChI=1S/C19H29NO8S.C18H28N2O7S.C18H27NO8S/c1-4-19(2,3)18(23)20-7-8-26-14(21)5-6-15(22)27-16-11-9-12-13(10-11)29(24,25)28-17(12)16;1-4-18(2,3)17(23)20-9-13(21)19-6-5-14(22)26-15-10-7-11-12(8-10)28(24,25)27-16(11)15;1-4-18(2,3)17(22)19-9-14(21)25-6-5-13(20)26-15-10-7-11-12(8-10)28(23,24)27-16(11)15/h11-13,16-17H,4-10H2,1-3H3,(H,20,23);10-12,15-16H,4-9H2,1-3H3,(H,19,21)(H,20,23);10-12,15-16H,4-9H2,1-3H3,(H,19,22). The molecule has 27 nitrogen and oxygen atoms in total. The van der Waals surface area contributed by atoms with Crippen molar-refractivity contribution in [1.82, 2.24) is 21.3 Å². The molecule has 6 bridgehead atoms. The second-order valence-corrected chi connectivity index (χ2v) is 30.8. The number of carbonyl (C=O) groups is 9. The van der Waals surface area contributed by atoms with Gasteiger partial charge < -0.3 is 45.0 Å². The Morgan fingerprint density at radius 2 is 0.765 bits per heavy atom. The third-order valence-electron chi connectivity index (χ3n) is 18.7. The number of nitrogens with one attached hydrogen (secondary N) is 4. The fraction of sp³-hybridized carbons (Fsp3) is 0.836. The van der Waals surface area contributed by atoms with E-state index in [1.165, 1.54) is 0 Å². The first-order chi connectivity index (χ1) is 39.6. The van der Waals surface area contributed by atoms with Gasteiger partial charge in [0.05, 0.1) is 54.5 Å². The largest absolute Gasteiger partial charge is 0.464 e. The van der Waals surface area contributed by atoms with Crippen molar-refractivity contribution in [2.45, 2.75) is 198 Å². The van der Waals surface area contributed by atoms with Crippen LogP contribution in [-0.4, -0.2) is 170 Å². The molecular formula is C55H84N4O23S3. The molecule has 0 aromatic heterocycles. The number of carbonyl (C=O) groups excluding carboxylic acids is 9. The zero-order valence-electron chi connectivity index (χ0n) is 49.7. The maximum Gasteiger partial charge on any atom is 0.325 e. The van der Waals surface area contributed by atoms with Crippen molar-refractivity contribution in [3.8, 4) is 0 Å². The first kappa shape index (κ1) is 67.5. The summed E-state index contributed by atoms with van der Waals surface area (Å²) in [4.78, 5) is 107. The summed E-state index contributed by atoms with van der Waals surface area (Å²) in [6.07, 6.45) is 1.63. The summed E-state index contributed by atoms with van der Waals surface area (Å²) >= 11 is 0. The first-order valence-electron chi connectivity index (χ1n) is 29.4. The molecule has 9 rings (SSSR count). The van der Waals surface area contributed by atoms with Gasteiger partial charge in [0.2, 0.25) is 23.6 Å². The van der Waals surface area contributed by atoms with Gasteiger partial charge in [0, 0.05) is 58.3 Å². The van der Waals surface area contributed by atoms with Gasteiger partial charge >= 0.3 is 29.8 Å². The molecule has 0 aromatic carbocycles. The van der Waals surface area contributed by atoms with Crippen LogP contribution in [0.15, 0.2) is 0 Å². The summed E-state index contributed by atoms with van der Waals surface area (Å²) < 4.78 is 113. The third-order valence-corrected chi connectivity index (χ3v) is 24.1. The van der Waals surface area contributed by atoms with Crippen molar-refractivity contribution >= 4 is 83.8 Å². The molecule has 85 heavy (non-hydrogen) atoms. The van der Waals surface area contributed by atoms with Gasteiger partial charge in [0.1, 0.15) is 56.4 Å². The molecule has 6 saturated carbocycles. The number of ether oxygens (including phenoxy) is 5. The van der Waals surface area contributed by atoms with Gasteiger partial charge in [-0.15, -0.1) is 0 Å². The van der Waals surface area contributed by atoms with E-state index >= 15 is 0 Å². The summed E-state index contributed by atoms with van der Waals surface area (Å²) in [5.74, 6) is -4.02. The van der Waals surface area contributed by atoms with Crippen LogP contribution < -0.4 is 21.3 Å². The monoisotopic (exact) mass is 1260 g/mol. The Labute approximate surface area is 496 Å². The number of fused-ring (bicyclic) bond motifs is 3.